The van der Waals surface area contributed by atoms with Gasteiger partial charge in [-0.3, -0.25) is 0 Å². The molecule has 2 heterocycles. The normalized spacial score (nSPS) is 16.5. The summed E-state index contributed by atoms with van der Waals surface area (Å²) in [6.45, 7) is 3.85. The van der Waals surface area contributed by atoms with Crippen molar-refractivity contribution >= 4 is 45.7 Å². The highest BCUT2D eigenvalue weighted by Crippen LogP contribution is 2.32. The van der Waals surface area contributed by atoms with Crippen molar-refractivity contribution in [3.8, 4) is 0 Å². The van der Waals surface area contributed by atoms with Crippen LogP contribution in [0.4, 0.5) is 19.6 Å². The molecule has 154 valence electrons. The van der Waals surface area contributed by atoms with Gasteiger partial charge in [0.25, 0.3) is 0 Å². The zero-order chi connectivity index (χ0) is 19.8. The van der Waals surface area contributed by atoms with E-state index in [2.05, 4.69) is 25.7 Å². The van der Waals surface area contributed by atoms with E-state index in [-0.39, 0.29) is 0 Å². The second-order valence-corrected chi connectivity index (χ2v) is 8.80. The molecule has 10 heteroatoms. The number of aromatic nitrogens is 1. The molecular weight excluding hydrogens is 424 g/mol. The zero-order valence-electron chi connectivity index (χ0n) is 15.4. The fourth-order valence-corrected chi connectivity index (χ4v) is 4.51. The van der Waals surface area contributed by atoms with Gasteiger partial charge < -0.3 is 20.7 Å². The first-order valence-corrected chi connectivity index (χ1v) is 11.3. The second kappa shape index (κ2) is 11.2. The summed E-state index contributed by atoms with van der Waals surface area (Å²) in [6.07, 6.45) is 5.65. The molecule has 5 nitrogen and oxygen atoms in total. The van der Waals surface area contributed by atoms with E-state index in [0.29, 0.717) is 26.8 Å². The molecule has 1 aromatic heterocycles. The Morgan fingerprint density at radius 1 is 1.29 bits per heavy atom. The van der Waals surface area contributed by atoms with E-state index in [0.717, 1.165) is 68.5 Å². The van der Waals surface area contributed by atoms with Crippen LogP contribution in [0, 0.1) is 10.9 Å². The molecule has 0 bridgehead atoms. The highest BCUT2D eigenvalue weighted by molar-refractivity contribution is 8.00. The highest BCUT2D eigenvalue weighted by atomic mass is 35.5. The molecule has 1 aliphatic rings. The lowest BCUT2D eigenvalue weighted by atomic mass is 10.2. The third-order valence-corrected chi connectivity index (χ3v) is 6.37. The second-order valence-electron chi connectivity index (χ2n) is 6.57. The van der Waals surface area contributed by atoms with Crippen LogP contribution in [0.5, 0.6) is 0 Å². The van der Waals surface area contributed by atoms with Crippen molar-refractivity contribution in [1.29, 1.82) is 0 Å². The maximum Gasteiger partial charge on any atom is 0.198 e. The standard InChI is InChI=1S/C18H24ClF2N5S2/c19-13-8-16(28-26-18-25-11-17(21)27-18)14(20)9-15(13)24-6-2-1-5-22-10-12-4-3-7-23-12/h8-9,11-12,22-24H,1-7,10H2,(H,25,26)/t12-/m1/s1. The number of anilines is 2. The van der Waals surface area contributed by atoms with Crippen LogP contribution in [0.3, 0.4) is 0 Å². The van der Waals surface area contributed by atoms with Crippen molar-refractivity contribution in [3.63, 3.8) is 0 Å². The molecule has 0 amide bonds. The first kappa shape index (κ1) is 21.6. The van der Waals surface area contributed by atoms with Crippen LogP contribution >= 0.6 is 34.9 Å². The molecule has 0 saturated carbocycles. The molecule has 1 saturated heterocycles. The fraction of sp³-hybridized carbons (Fsp3) is 0.500. The molecule has 3 rings (SSSR count). The van der Waals surface area contributed by atoms with E-state index in [4.69, 9.17) is 11.6 Å². The Kier molecular flexibility index (Phi) is 8.60. The minimum absolute atomic E-state index is 0.330. The lowest BCUT2D eigenvalue weighted by molar-refractivity contribution is 0.526. The van der Waals surface area contributed by atoms with Gasteiger partial charge in [-0.25, -0.2) is 9.37 Å². The molecule has 0 spiro atoms. The van der Waals surface area contributed by atoms with Gasteiger partial charge in [-0.1, -0.05) is 22.9 Å². The van der Waals surface area contributed by atoms with Crippen LogP contribution in [0.15, 0.2) is 23.2 Å². The molecular formula is C18H24ClF2N5S2. The van der Waals surface area contributed by atoms with Gasteiger partial charge in [-0.2, -0.15) is 4.39 Å². The summed E-state index contributed by atoms with van der Waals surface area (Å²) in [5.41, 5.74) is 0.576. The van der Waals surface area contributed by atoms with Crippen molar-refractivity contribution in [2.24, 2.45) is 0 Å². The van der Waals surface area contributed by atoms with Gasteiger partial charge >= 0.3 is 0 Å². The van der Waals surface area contributed by atoms with E-state index >= 15 is 0 Å². The Morgan fingerprint density at radius 3 is 2.89 bits per heavy atom. The summed E-state index contributed by atoms with van der Waals surface area (Å²) < 4.78 is 30.0. The maximum absolute atomic E-state index is 14.3. The van der Waals surface area contributed by atoms with Gasteiger partial charge in [0.15, 0.2) is 10.3 Å². The summed E-state index contributed by atoms with van der Waals surface area (Å²) in [5, 5.41) is 10.5. The minimum Gasteiger partial charge on any atom is -0.384 e. The number of unbranched alkanes of at least 4 members (excludes halogenated alkanes) is 1. The third-order valence-electron chi connectivity index (χ3n) is 4.40. The molecule has 0 unspecified atom stereocenters. The quantitative estimate of drug-likeness (QED) is 0.295. The van der Waals surface area contributed by atoms with Gasteiger partial charge in [-0.05, 0) is 62.9 Å². The summed E-state index contributed by atoms with van der Waals surface area (Å²) in [4.78, 5) is 4.16. The minimum atomic E-state index is -0.397. The highest BCUT2D eigenvalue weighted by Gasteiger charge is 2.13. The third kappa shape index (κ3) is 6.73. The van der Waals surface area contributed by atoms with E-state index in [1.165, 1.54) is 18.9 Å². The number of hydrogen-bond acceptors (Lipinski definition) is 7. The zero-order valence-corrected chi connectivity index (χ0v) is 17.8. The van der Waals surface area contributed by atoms with Crippen molar-refractivity contribution in [2.45, 2.75) is 36.6 Å². The topological polar surface area (TPSA) is 61.0 Å². The predicted molar refractivity (Wildman–Crippen MR) is 115 cm³/mol. The van der Waals surface area contributed by atoms with E-state index in [1.807, 2.05) is 0 Å². The Hall–Kier alpha value is -1.13. The van der Waals surface area contributed by atoms with Crippen LogP contribution in [-0.4, -0.2) is 37.2 Å². The van der Waals surface area contributed by atoms with E-state index in [1.54, 1.807) is 6.07 Å². The SMILES string of the molecule is Fc1cnc(NSc2cc(Cl)c(NCCCCNC[C@H]3CCCN3)cc2F)s1. The van der Waals surface area contributed by atoms with Crippen LogP contribution in [0.1, 0.15) is 25.7 Å². The van der Waals surface area contributed by atoms with Gasteiger partial charge in [-0.15, -0.1) is 0 Å². The number of nitrogens with zero attached hydrogens (tertiary/aromatic N) is 1. The van der Waals surface area contributed by atoms with Crippen LogP contribution in [-0.2, 0) is 0 Å². The molecule has 1 aliphatic heterocycles. The molecule has 1 fully saturated rings. The smallest absolute Gasteiger partial charge is 0.198 e. The number of hydrogen-bond donors (Lipinski definition) is 4. The Bertz CT molecular complexity index is 756. The van der Waals surface area contributed by atoms with Crippen molar-refractivity contribution in [2.75, 3.05) is 36.2 Å². The molecule has 2 aromatic rings. The number of halogens is 3. The number of thiazole rings is 1. The van der Waals surface area contributed by atoms with Gasteiger partial charge in [0, 0.05) is 19.1 Å². The first-order valence-electron chi connectivity index (χ1n) is 9.33. The van der Waals surface area contributed by atoms with E-state index in [9.17, 15) is 8.78 Å². The van der Waals surface area contributed by atoms with Gasteiger partial charge in [0.05, 0.1) is 21.8 Å². The van der Waals surface area contributed by atoms with Crippen molar-refractivity contribution in [1.82, 2.24) is 15.6 Å². The van der Waals surface area contributed by atoms with Gasteiger partial charge in [0.2, 0.25) is 0 Å². The van der Waals surface area contributed by atoms with Crippen LogP contribution in [0.25, 0.3) is 0 Å². The van der Waals surface area contributed by atoms with Crippen LogP contribution in [0.2, 0.25) is 5.02 Å². The molecule has 1 atom stereocenters. The van der Waals surface area contributed by atoms with Gasteiger partial charge in [0.1, 0.15) is 5.82 Å². The van der Waals surface area contributed by atoms with Crippen LogP contribution < -0.4 is 20.7 Å². The summed E-state index contributed by atoms with van der Waals surface area (Å²) in [7, 11) is 0. The molecule has 28 heavy (non-hydrogen) atoms. The summed E-state index contributed by atoms with van der Waals surface area (Å²) in [5.74, 6) is -0.396. The lowest BCUT2D eigenvalue weighted by Crippen LogP contribution is -2.34. The number of benzene rings is 1. The number of nitrogens with one attached hydrogen (secondary N) is 4. The average Bonchev–Trinajstić information content (AvgIpc) is 3.33. The largest absolute Gasteiger partial charge is 0.384 e. The Labute approximate surface area is 177 Å². The Balaban J connectivity index is 1.36. The molecule has 4 N–H and O–H groups in total. The average molecular weight is 448 g/mol. The Morgan fingerprint density at radius 2 is 2.14 bits per heavy atom. The number of rotatable bonds is 11. The summed E-state index contributed by atoms with van der Waals surface area (Å²) >= 11 is 8.13. The van der Waals surface area contributed by atoms with E-state index < -0.39 is 10.9 Å². The van der Waals surface area contributed by atoms with Crippen molar-refractivity contribution < 1.29 is 8.78 Å². The molecule has 1 aromatic carbocycles. The maximum atomic E-state index is 14.3. The van der Waals surface area contributed by atoms with Crippen molar-refractivity contribution in [3.05, 3.63) is 34.3 Å². The monoisotopic (exact) mass is 447 g/mol. The lowest BCUT2D eigenvalue weighted by Gasteiger charge is -2.12. The fourth-order valence-electron chi connectivity index (χ4n) is 2.95. The summed E-state index contributed by atoms with van der Waals surface area (Å²) in [6, 6.07) is 3.55. The predicted octanol–water partition coefficient (Wildman–Crippen LogP) is 4.73. The molecule has 0 aliphatic carbocycles. The first-order chi connectivity index (χ1) is 13.6. The molecule has 0 radical (unpaired) electrons.